The highest BCUT2D eigenvalue weighted by Gasteiger charge is 2.47. The molecule has 1 rings (SSSR count). The quantitative estimate of drug-likeness (QED) is 0.459. The lowest BCUT2D eigenvalue weighted by Crippen LogP contribution is -2.42. The average Bonchev–Trinajstić information content (AvgIpc) is 2.47. The molecule has 112 valence electrons. The minimum atomic E-state index is -2.19. The molecule has 2 N–H and O–H groups in total. The van der Waals surface area contributed by atoms with Crippen LogP contribution in [-0.2, 0) is 15.0 Å². The Bertz CT molecular complexity index is 523. The van der Waals surface area contributed by atoms with Gasteiger partial charge in [0.2, 0.25) is 5.41 Å². The van der Waals surface area contributed by atoms with Gasteiger partial charge in [-0.3, -0.25) is 0 Å². The Morgan fingerprint density at radius 2 is 1.67 bits per heavy atom. The predicted octanol–water partition coefficient (Wildman–Crippen LogP) is 3.07. The lowest BCUT2D eigenvalue weighted by molar-refractivity contribution is -0.154. The van der Waals surface area contributed by atoms with Crippen molar-refractivity contribution in [1.82, 2.24) is 0 Å². The second-order valence-electron chi connectivity index (χ2n) is 4.84. The molecule has 0 aliphatic rings. The number of carbonyl (C=O) groups is 2. The topological polar surface area (TPSA) is 74.6 Å². The van der Waals surface area contributed by atoms with Crippen LogP contribution in [0.3, 0.4) is 0 Å². The van der Waals surface area contributed by atoms with E-state index in [4.69, 9.17) is 0 Å². The first-order valence-corrected chi connectivity index (χ1v) is 7.08. The molecule has 0 spiro atoms. The number of benzene rings is 1. The summed E-state index contributed by atoms with van der Waals surface area (Å²) in [6.07, 6.45) is 4.58. The van der Waals surface area contributed by atoms with Gasteiger partial charge in [-0.05, 0) is 12.0 Å². The molecule has 0 saturated carbocycles. The first-order valence-electron chi connectivity index (χ1n) is 7.08. The Morgan fingerprint density at radius 1 is 1.05 bits per heavy atom. The molecule has 0 radical (unpaired) electrons. The molecule has 0 atom stereocenters. The molecular formula is C17H20O4. The summed E-state index contributed by atoms with van der Waals surface area (Å²) >= 11 is 0. The number of hydrogen-bond acceptors (Lipinski definition) is 2. The van der Waals surface area contributed by atoms with Gasteiger partial charge < -0.3 is 10.2 Å². The summed E-state index contributed by atoms with van der Waals surface area (Å²) < 4.78 is 0. The molecule has 0 aromatic heterocycles. The van der Waals surface area contributed by atoms with Gasteiger partial charge in [0.1, 0.15) is 0 Å². The van der Waals surface area contributed by atoms with E-state index in [1.807, 2.05) is 0 Å². The maximum atomic E-state index is 11.5. The molecule has 0 bridgehead atoms. The molecule has 0 saturated heterocycles. The van der Waals surface area contributed by atoms with E-state index in [2.05, 4.69) is 18.8 Å². The van der Waals surface area contributed by atoms with Crippen molar-refractivity contribution in [3.63, 3.8) is 0 Å². The van der Waals surface area contributed by atoms with Crippen molar-refractivity contribution in [2.75, 3.05) is 0 Å². The number of unbranched alkanes of at least 4 members (excludes halogenated alkanes) is 4. The van der Waals surface area contributed by atoms with Gasteiger partial charge >= 0.3 is 11.9 Å². The number of carboxylic acids is 2. The third-order valence-electron chi connectivity index (χ3n) is 3.28. The highest BCUT2D eigenvalue weighted by Crippen LogP contribution is 2.24. The Labute approximate surface area is 124 Å². The highest BCUT2D eigenvalue weighted by atomic mass is 16.4. The summed E-state index contributed by atoms with van der Waals surface area (Å²) in [5, 5.41) is 18.8. The average molecular weight is 288 g/mol. The van der Waals surface area contributed by atoms with Gasteiger partial charge in [0, 0.05) is 6.42 Å². The van der Waals surface area contributed by atoms with Crippen molar-refractivity contribution in [3.05, 3.63) is 35.9 Å². The Morgan fingerprint density at radius 3 is 2.19 bits per heavy atom. The summed E-state index contributed by atoms with van der Waals surface area (Å²) in [5.41, 5.74) is -2.02. The molecule has 4 heteroatoms. The zero-order valence-corrected chi connectivity index (χ0v) is 12.1. The van der Waals surface area contributed by atoms with E-state index in [9.17, 15) is 19.8 Å². The number of carboxylic acid groups (broad SMARTS) is 2. The standard InChI is InChI=1S/C17H20O4/c1-2-3-4-5-6-10-13-17(15(18)19,16(20)21)14-11-8-7-9-12-14/h7-9,11-12H,2-6H2,1H3,(H,18,19)(H,20,21). The molecule has 0 amide bonds. The summed E-state index contributed by atoms with van der Waals surface area (Å²) in [7, 11) is 0. The van der Waals surface area contributed by atoms with Gasteiger partial charge in [-0.15, -0.1) is 5.92 Å². The molecule has 0 unspecified atom stereocenters. The highest BCUT2D eigenvalue weighted by molar-refractivity contribution is 6.08. The SMILES string of the molecule is CCCCCCC#CC(C(=O)O)(C(=O)O)c1ccccc1. The second-order valence-corrected chi connectivity index (χ2v) is 4.84. The second kappa shape index (κ2) is 8.11. The van der Waals surface area contributed by atoms with Crippen LogP contribution in [0.15, 0.2) is 30.3 Å². The molecule has 0 aliphatic heterocycles. The van der Waals surface area contributed by atoms with Crippen LogP contribution >= 0.6 is 0 Å². The summed E-state index contributed by atoms with van der Waals surface area (Å²) in [5.74, 6) is 2.30. The van der Waals surface area contributed by atoms with E-state index >= 15 is 0 Å². The largest absolute Gasteiger partial charge is 0.479 e. The minimum Gasteiger partial charge on any atom is -0.479 e. The maximum absolute atomic E-state index is 11.5. The van der Waals surface area contributed by atoms with Crippen molar-refractivity contribution >= 4 is 11.9 Å². The lowest BCUT2D eigenvalue weighted by Gasteiger charge is -2.19. The first-order chi connectivity index (χ1) is 10.1. The number of rotatable bonds is 7. The van der Waals surface area contributed by atoms with E-state index in [1.165, 1.54) is 12.1 Å². The van der Waals surface area contributed by atoms with Crippen LogP contribution in [0.2, 0.25) is 0 Å². The monoisotopic (exact) mass is 288 g/mol. The Balaban J connectivity index is 3.02. The zero-order valence-electron chi connectivity index (χ0n) is 12.1. The van der Waals surface area contributed by atoms with E-state index in [0.717, 1.165) is 25.7 Å². The fourth-order valence-corrected chi connectivity index (χ4v) is 2.04. The molecule has 0 fully saturated rings. The van der Waals surface area contributed by atoms with Crippen LogP contribution in [0.25, 0.3) is 0 Å². The Hall–Kier alpha value is -2.28. The fourth-order valence-electron chi connectivity index (χ4n) is 2.04. The van der Waals surface area contributed by atoms with Gasteiger partial charge in [-0.2, -0.15) is 0 Å². The van der Waals surface area contributed by atoms with E-state index < -0.39 is 17.4 Å². The van der Waals surface area contributed by atoms with E-state index in [0.29, 0.717) is 6.42 Å². The molecule has 4 nitrogen and oxygen atoms in total. The van der Waals surface area contributed by atoms with Crippen LogP contribution in [-0.4, -0.2) is 22.2 Å². The van der Waals surface area contributed by atoms with Crippen molar-refractivity contribution in [2.45, 2.75) is 44.4 Å². The van der Waals surface area contributed by atoms with Crippen molar-refractivity contribution in [2.24, 2.45) is 0 Å². The fraction of sp³-hybridized carbons (Fsp3) is 0.412. The van der Waals surface area contributed by atoms with Crippen molar-refractivity contribution < 1.29 is 19.8 Å². The van der Waals surface area contributed by atoms with E-state index in [1.54, 1.807) is 18.2 Å². The molecule has 0 aliphatic carbocycles. The van der Waals surface area contributed by atoms with Crippen molar-refractivity contribution in [3.8, 4) is 11.8 Å². The smallest absolute Gasteiger partial charge is 0.338 e. The van der Waals surface area contributed by atoms with Gasteiger partial charge in [-0.25, -0.2) is 9.59 Å². The zero-order chi connectivity index (χ0) is 15.7. The first kappa shape index (κ1) is 16.8. The number of aliphatic carboxylic acids is 2. The predicted molar refractivity (Wildman–Crippen MR) is 79.9 cm³/mol. The van der Waals surface area contributed by atoms with Crippen LogP contribution in [0.4, 0.5) is 0 Å². The molecular weight excluding hydrogens is 268 g/mol. The van der Waals surface area contributed by atoms with Gasteiger partial charge in [0.15, 0.2) is 0 Å². The van der Waals surface area contributed by atoms with Crippen LogP contribution in [0.1, 0.15) is 44.6 Å². The third kappa shape index (κ3) is 4.09. The number of hydrogen-bond donors (Lipinski definition) is 2. The summed E-state index contributed by atoms with van der Waals surface area (Å²) in [6, 6.07) is 7.88. The maximum Gasteiger partial charge on any atom is 0.338 e. The normalized spacial score (nSPS) is 10.5. The summed E-state index contributed by atoms with van der Waals surface area (Å²) in [6.45, 7) is 2.10. The molecule has 1 aromatic rings. The minimum absolute atomic E-state index is 0.172. The van der Waals surface area contributed by atoms with Crippen LogP contribution in [0, 0.1) is 11.8 Å². The van der Waals surface area contributed by atoms with Crippen molar-refractivity contribution in [1.29, 1.82) is 0 Å². The van der Waals surface area contributed by atoms with Gasteiger partial charge in [0.25, 0.3) is 0 Å². The van der Waals surface area contributed by atoms with E-state index in [-0.39, 0.29) is 5.56 Å². The van der Waals surface area contributed by atoms with Crippen LogP contribution < -0.4 is 0 Å². The van der Waals surface area contributed by atoms with Gasteiger partial charge in [0.05, 0.1) is 0 Å². The molecule has 1 aromatic carbocycles. The van der Waals surface area contributed by atoms with Crippen LogP contribution in [0.5, 0.6) is 0 Å². The Kier molecular flexibility index (Phi) is 6.48. The third-order valence-corrected chi connectivity index (χ3v) is 3.28. The molecule has 0 heterocycles. The lowest BCUT2D eigenvalue weighted by atomic mass is 9.81. The molecule has 21 heavy (non-hydrogen) atoms. The summed E-state index contributed by atoms with van der Waals surface area (Å²) in [4.78, 5) is 23.1. The van der Waals surface area contributed by atoms with Gasteiger partial charge in [-0.1, -0.05) is 62.4 Å².